The summed E-state index contributed by atoms with van der Waals surface area (Å²) in [4.78, 5) is 14.0. The molecule has 4 rings (SSSR count). The van der Waals surface area contributed by atoms with Crippen LogP contribution in [-0.2, 0) is 11.2 Å². The van der Waals surface area contributed by atoms with Crippen molar-refractivity contribution in [3.05, 3.63) is 60.4 Å². The van der Waals surface area contributed by atoms with Gasteiger partial charge in [0.25, 0.3) is 0 Å². The Morgan fingerprint density at radius 2 is 2.33 bits per heavy atom. The van der Waals surface area contributed by atoms with Gasteiger partial charge in [0.15, 0.2) is 0 Å². The molecule has 1 fully saturated rings. The summed E-state index contributed by atoms with van der Waals surface area (Å²) in [5.41, 5.74) is 3.23. The minimum absolute atomic E-state index is 0.0106. The van der Waals surface area contributed by atoms with E-state index < -0.39 is 0 Å². The highest BCUT2D eigenvalue weighted by Gasteiger charge is 2.44. The lowest BCUT2D eigenvalue weighted by atomic mass is 9.93. The summed E-state index contributed by atoms with van der Waals surface area (Å²) < 4.78 is 11.4. The van der Waals surface area contributed by atoms with Gasteiger partial charge < -0.3 is 9.47 Å². The molecule has 0 aromatic heterocycles. The van der Waals surface area contributed by atoms with Crippen molar-refractivity contribution in [2.24, 2.45) is 0 Å². The molecule has 1 aromatic carbocycles. The number of ether oxygens (including phenoxy) is 2. The first-order valence-electron chi connectivity index (χ1n) is 8.47. The van der Waals surface area contributed by atoms with Gasteiger partial charge in [0, 0.05) is 6.42 Å². The van der Waals surface area contributed by atoms with Crippen LogP contribution in [0.15, 0.2) is 42.0 Å². The molecule has 3 aliphatic rings. The molecule has 1 aliphatic carbocycles. The van der Waals surface area contributed by atoms with Gasteiger partial charge in [-0.3, -0.25) is 4.90 Å². The Morgan fingerprint density at radius 1 is 1.42 bits per heavy atom. The first-order chi connectivity index (χ1) is 11.8. The van der Waals surface area contributed by atoms with Crippen LogP contribution in [0.3, 0.4) is 0 Å². The number of rotatable bonds is 4. The molecule has 4 nitrogen and oxygen atoms in total. The van der Waals surface area contributed by atoms with E-state index in [0.717, 1.165) is 41.8 Å². The number of amides is 1. The van der Waals surface area contributed by atoms with Crippen molar-refractivity contribution in [3.63, 3.8) is 0 Å². The van der Waals surface area contributed by atoms with Gasteiger partial charge in [0.2, 0.25) is 0 Å². The second kappa shape index (κ2) is 6.34. The predicted octanol–water partition coefficient (Wildman–Crippen LogP) is 3.90. The number of anilines is 1. The van der Waals surface area contributed by atoms with E-state index in [0.29, 0.717) is 6.61 Å². The number of aryl methyl sites for hydroxylation is 1. The van der Waals surface area contributed by atoms with Crippen molar-refractivity contribution >= 4 is 11.8 Å². The van der Waals surface area contributed by atoms with Crippen molar-refractivity contribution in [2.75, 3.05) is 11.5 Å². The number of carbonyl (C=O) groups is 1. The van der Waals surface area contributed by atoms with Crippen LogP contribution >= 0.6 is 0 Å². The third kappa shape index (κ3) is 2.70. The lowest BCUT2D eigenvalue weighted by Crippen LogP contribution is -2.40. The Labute approximate surface area is 142 Å². The van der Waals surface area contributed by atoms with Crippen molar-refractivity contribution in [1.82, 2.24) is 0 Å². The molecule has 3 radical (unpaired) electrons. The minimum atomic E-state index is -0.220. The maximum absolute atomic E-state index is 12.2. The molecule has 24 heavy (non-hydrogen) atoms. The van der Waals surface area contributed by atoms with Gasteiger partial charge in [-0.1, -0.05) is 25.2 Å². The Bertz CT molecular complexity index is 707. The van der Waals surface area contributed by atoms with Crippen LogP contribution in [0, 0.1) is 12.8 Å². The summed E-state index contributed by atoms with van der Waals surface area (Å²) in [7, 11) is 0. The Morgan fingerprint density at radius 3 is 3.12 bits per heavy atom. The molecule has 2 aliphatic heterocycles. The summed E-state index contributed by atoms with van der Waals surface area (Å²) in [5, 5.41) is 0. The third-order valence-electron chi connectivity index (χ3n) is 4.82. The average Bonchev–Trinajstić information content (AvgIpc) is 2.97. The molecule has 4 heteroatoms. The molecule has 2 unspecified atom stereocenters. The summed E-state index contributed by atoms with van der Waals surface area (Å²) in [6.45, 7) is 2.59. The third-order valence-corrected chi connectivity index (χ3v) is 4.82. The number of nitrogens with zero attached hydrogens (tertiary/aromatic N) is 1. The van der Waals surface area contributed by atoms with E-state index in [1.54, 1.807) is 0 Å². The monoisotopic (exact) mass is 322 g/mol. The molecule has 1 amide bonds. The number of hydrogen-bond acceptors (Lipinski definition) is 3. The highest BCUT2D eigenvalue weighted by Crippen LogP contribution is 2.39. The fourth-order valence-electron chi connectivity index (χ4n) is 3.59. The lowest BCUT2D eigenvalue weighted by molar-refractivity contribution is 0.128. The number of cyclic esters (lactones) is 1. The van der Waals surface area contributed by atoms with Crippen molar-refractivity contribution in [1.29, 1.82) is 0 Å². The first kappa shape index (κ1) is 15.3. The molecule has 1 aromatic rings. The number of hydrogen-bond donors (Lipinski definition) is 0. The lowest BCUT2D eigenvalue weighted by Gasteiger charge is -2.31. The van der Waals surface area contributed by atoms with Crippen LogP contribution in [0.2, 0.25) is 0 Å². The highest BCUT2D eigenvalue weighted by atomic mass is 16.6. The van der Waals surface area contributed by atoms with Crippen molar-refractivity contribution in [2.45, 2.75) is 38.3 Å². The molecule has 123 valence electrons. The maximum Gasteiger partial charge on any atom is 0.415 e. The smallest absolute Gasteiger partial charge is 0.415 e. The first-order valence-corrected chi connectivity index (χ1v) is 8.47. The highest BCUT2D eigenvalue weighted by molar-refractivity contribution is 5.92. The predicted molar refractivity (Wildman–Crippen MR) is 91.9 cm³/mol. The zero-order valence-electron chi connectivity index (χ0n) is 13.7. The number of fused-ring (bicyclic) bond motifs is 3. The molecule has 0 saturated carbocycles. The van der Waals surface area contributed by atoms with Crippen LogP contribution in [-0.4, -0.2) is 24.8 Å². The molecule has 2 heterocycles. The van der Waals surface area contributed by atoms with Gasteiger partial charge in [-0.25, -0.2) is 4.79 Å². The van der Waals surface area contributed by atoms with Crippen LogP contribution in [0.4, 0.5) is 10.5 Å². The molecule has 2 atom stereocenters. The Kier molecular flexibility index (Phi) is 4.05. The largest absolute Gasteiger partial charge is 0.489 e. The van der Waals surface area contributed by atoms with E-state index in [1.807, 2.05) is 47.7 Å². The van der Waals surface area contributed by atoms with Gasteiger partial charge in [0.1, 0.15) is 18.5 Å². The second-order valence-corrected chi connectivity index (χ2v) is 6.29. The minimum Gasteiger partial charge on any atom is -0.489 e. The van der Waals surface area contributed by atoms with E-state index in [-0.39, 0.29) is 18.2 Å². The molecule has 0 spiro atoms. The van der Waals surface area contributed by atoms with E-state index in [9.17, 15) is 4.79 Å². The van der Waals surface area contributed by atoms with Crippen molar-refractivity contribution < 1.29 is 14.3 Å². The topological polar surface area (TPSA) is 38.8 Å². The van der Waals surface area contributed by atoms with Crippen LogP contribution in [0.5, 0.6) is 5.75 Å². The van der Waals surface area contributed by atoms with Gasteiger partial charge in [-0.2, -0.15) is 0 Å². The summed E-state index contributed by atoms with van der Waals surface area (Å²) in [6.07, 6.45) is 13.3. The zero-order valence-corrected chi connectivity index (χ0v) is 13.7. The molecule has 1 saturated heterocycles. The summed E-state index contributed by atoms with van der Waals surface area (Å²) in [6, 6.07) is 6.13. The van der Waals surface area contributed by atoms with Crippen LogP contribution in [0.1, 0.15) is 25.3 Å². The van der Waals surface area contributed by atoms with Crippen LogP contribution in [0.25, 0.3) is 0 Å². The fraction of sp³-hybridized carbons (Fsp3) is 0.350. The molecular formula is C20H20NO3. The van der Waals surface area contributed by atoms with E-state index in [1.165, 1.54) is 0 Å². The van der Waals surface area contributed by atoms with E-state index in [2.05, 4.69) is 13.3 Å². The number of carbonyl (C=O) groups excluding carboxylic acids is 1. The van der Waals surface area contributed by atoms with Gasteiger partial charge in [0.05, 0.1) is 11.7 Å². The fourth-order valence-corrected chi connectivity index (χ4v) is 3.59. The quantitative estimate of drug-likeness (QED) is 0.844. The van der Waals surface area contributed by atoms with Gasteiger partial charge in [-0.05, 0) is 55.0 Å². The van der Waals surface area contributed by atoms with E-state index >= 15 is 0 Å². The summed E-state index contributed by atoms with van der Waals surface area (Å²) in [5.74, 6) is 0.833. The van der Waals surface area contributed by atoms with Crippen LogP contribution < -0.4 is 9.64 Å². The SMILES string of the molecule is CCC1OC(=O)N2c3ccc(OCC4=C[CH][C]C=C4)cc3CCC12. The van der Waals surface area contributed by atoms with Gasteiger partial charge in [-0.15, -0.1) is 0 Å². The normalized spacial score (nSPS) is 25.0. The molecule has 0 N–H and O–H groups in total. The average molecular weight is 322 g/mol. The Hall–Kier alpha value is -2.23. The van der Waals surface area contributed by atoms with Crippen molar-refractivity contribution in [3.8, 4) is 5.75 Å². The number of benzene rings is 1. The maximum atomic E-state index is 12.2. The molecule has 0 bridgehead atoms. The second-order valence-electron chi connectivity index (χ2n) is 6.29. The molecular weight excluding hydrogens is 302 g/mol. The zero-order chi connectivity index (χ0) is 16.5. The van der Waals surface area contributed by atoms with Gasteiger partial charge >= 0.3 is 6.09 Å². The van der Waals surface area contributed by atoms with E-state index in [4.69, 9.17) is 9.47 Å². The Balaban J connectivity index is 1.51. The number of allylic oxidation sites excluding steroid dienone is 2. The summed E-state index contributed by atoms with van der Waals surface area (Å²) >= 11 is 0. The standard InChI is InChI=1S/C20H20NO3/c1-2-19-18-10-8-15-12-16(23-13-14-6-4-3-5-7-14)9-11-17(15)21(18)20(22)24-19/h4-7,9,11-12,18-19H,2,8,10,13H2,1H3.